The fraction of sp³-hybridized carbons (Fsp3) is 0.316. The number of nitrogens with one attached hydrogen (secondary N) is 1. The Bertz CT molecular complexity index is 944. The molecule has 0 bridgehead atoms. The van der Waals surface area contributed by atoms with Gasteiger partial charge in [0.2, 0.25) is 10.0 Å². The molecular formula is C19H21FN2O3S. The van der Waals surface area contributed by atoms with E-state index in [9.17, 15) is 17.6 Å². The zero-order valence-electron chi connectivity index (χ0n) is 14.7. The van der Waals surface area contributed by atoms with Crippen molar-refractivity contribution in [2.75, 3.05) is 17.1 Å². The molecule has 5 nitrogen and oxygen atoms in total. The maximum absolute atomic E-state index is 13.7. The van der Waals surface area contributed by atoms with Gasteiger partial charge in [0, 0.05) is 18.2 Å². The van der Waals surface area contributed by atoms with Gasteiger partial charge in [0.05, 0.1) is 11.9 Å². The smallest absolute Gasteiger partial charge is 0.251 e. The van der Waals surface area contributed by atoms with E-state index >= 15 is 0 Å². The topological polar surface area (TPSA) is 66.5 Å². The first kappa shape index (κ1) is 18.4. The summed E-state index contributed by atoms with van der Waals surface area (Å²) in [5.74, 6) is -0.540. The van der Waals surface area contributed by atoms with E-state index in [-0.39, 0.29) is 17.8 Å². The van der Waals surface area contributed by atoms with E-state index in [0.29, 0.717) is 36.2 Å². The van der Waals surface area contributed by atoms with Crippen molar-refractivity contribution in [2.45, 2.75) is 25.8 Å². The summed E-state index contributed by atoms with van der Waals surface area (Å²) in [5.41, 5.74) is 2.49. The van der Waals surface area contributed by atoms with E-state index in [1.807, 2.05) is 6.92 Å². The normalized spacial score (nSPS) is 14.8. The van der Waals surface area contributed by atoms with E-state index in [1.165, 1.54) is 16.6 Å². The van der Waals surface area contributed by atoms with Gasteiger partial charge in [-0.25, -0.2) is 12.8 Å². The second kappa shape index (κ2) is 7.07. The molecule has 0 aromatic heterocycles. The van der Waals surface area contributed by atoms with Gasteiger partial charge in [-0.05, 0) is 55.2 Å². The Hall–Kier alpha value is -2.41. The predicted molar refractivity (Wildman–Crippen MR) is 99.4 cm³/mol. The first-order valence-corrected chi connectivity index (χ1v) is 10.3. The second-order valence-electron chi connectivity index (χ2n) is 6.60. The SMILES string of the molecule is CC(Cc1ccccc1F)NC(=O)c1ccc2c(c1)CCN2S(C)(=O)=O. The zero-order chi connectivity index (χ0) is 18.9. The molecule has 1 amide bonds. The number of sulfonamides is 1. The maximum atomic E-state index is 13.7. The number of carbonyl (C=O) groups excluding carboxylic acids is 1. The molecule has 0 saturated heterocycles. The van der Waals surface area contributed by atoms with Crippen LogP contribution in [0.25, 0.3) is 0 Å². The fourth-order valence-electron chi connectivity index (χ4n) is 3.21. The second-order valence-corrected chi connectivity index (χ2v) is 8.51. The van der Waals surface area contributed by atoms with Gasteiger partial charge in [-0.2, -0.15) is 0 Å². The number of halogens is 1. The third kappa shape index (κ3) is 3.88. The molecule has 138 valence electrons. The third-order valence-electron chi connectivity index (χ3n) is 4.46. The van der Waals surface area contributed by atoms with Gasteiger partial charge in [-0.3, -0.25) is 9.10 Å². The highest BCUT2D eigenvalue weighted by atomic mass is 32.2. The first-order valence-electron chi connectivity index (χ1n) is 8.40. The van der Waals surface area contributed by atoms with Crippen LogP contribution >= 0.6 is 0 Å². The van der Waals surface area contributed by atoms with Gasteiger partial charge >= 0.3 is 0 Å². The predicted octanol–water partition coefficient (Wildman–Crippen LogP) is 2.51. The highest BCUT2D eigenvalue weighted by Crippen LogP contribution is 2.30. The van der Waals surface area contributed by atoms with Crippen LogP contribution in [-0.2, 0) is 22.9 Å². The van der Waals surface area contributed by atoms with Crippen molar-refractivity contribution in [3.8, 4) is 0 Å². The molecule has 1 atom stereocenters. The van der Waals surface area contributed by atoms with Crippen molar-refractivity contribution >= 4 is 21.6 Å². The Morgan fingerprint density at radius 1 is 1.27 bits per heavy atom. The maximum Gasteiger partial charge on any atom is 0.251 e. The van der Waals surface area contributed by atoms with Gasteiger partial charge < -0.3 is 5.32 Å². The molecule has 0 fully saturated rings. The molecule has 2 aromatic carbocycles. The number of rotatable bonds is 5. The minimum absolute atomic E-state index is 0.236. The molecule has 1 aliphatic rings. The van der Waals surface area contributed by atoms with E-state index in [1.54, 1.807) is 36.4 Å². The Balaban J connectivity index is 1.70. The molecule has 0 saturated carbocycles. The molecule has 1 N–H and O–H groups in total. The van der Waals surface area contributed by atoms with Crippen LogP contribution in [0, 0.1) is 5.82 Å². The summed E-state index contributed by atoms with van der Waals surface area (Å²) < 4.78 is 38.6. The molecule has 3 rings (SSSR count). The molecule has 0 radical (unpaired) electrons. The molecule has 1 unspecified atom stereocenters. The number of anilines is 1. The van der Waals surface area contributed by atoms with Crippen LogP contribution in [0.4, 0.5) is 10.1 Å². The minimum Gasteiger partial charge on any atom is -0.349 e. The summed E-state index contributed by atoms with van der Waals surface area (Å²) in [7, 11) is -3.31. The number of nitrogens with zero attached hydrogens (tertiary/aromatic N) is 1. The number of hydrogen-bond donors (Lipinski definition) is 1. The molecule has 26 heavy (non-hydrogen) atoms. The van der Waals surface area contributed by atoms with Crippen molar-refractivity contribution in [1.82, 2.24) is 5.32 Å². The van der Waals surface area contributed by atoms with Crippen molar-refractivity contribution in [3.05, 3.63) is 65.0 Å². The average Bonchev–Trinajstić information content (AvgIpc) is 3.00. The van der Waals surface area contributed by atoms with E-state index in [2.05, 4.69) is 5.32 Å². The lowest BCUT2D eigenvalue weighted by Crippen LogP contribution is -2.34. The number of hydrogen-bond acceptors (Lipinski definition) is 3. The lowest BCUT2D eigenvalue weighted by atomic mass is 10.0. The molecule has 1 heterocycles. The summed E-state index contributed by atoms with van der Waals surface area (Å²) in [6.07, 6.45) is 2.15. The monoisotopic (exact) mass is 376 g/mol. The Labute approximate surface area is 152 Å². The highest BCUT2D eigenvalue weighted by molar-refractivity contribution is 7.92. The highest BCUT2D eigenvalue weighted by Gasteiger charge is 2.26. The minimum atomic E-state index is -3.31. The van der Waals surface area contributed by atoms with Gasteiger partial charge in [0.1, 0.15) is 5.82 Å². The molecule has 7 heteroatoms. The van der Waals surface area contributed by atoms with E-state index < -0.39 is 10.0 Å². The van der Waals surface area contributed by atoms with Crippen LogP contribution in [0.1, 0.15) is 28.4 Å². The van der Waals surface area contributed by atoms with Crippen LogP contribution in [0.5, 0.6) is 0 Å². The summed E-state index contributed by atoms with van der Waals surface area (Å²) in [6.45, 7) is 2.21. The van der Waals surface area contributed by atoms with Gasteiger partial charge in [-0.1, -0.05) is 18.2 Å². The molecule has 1 aliphatic heterocycles. The largest absolute Gasteiger partial charge is 0.349 e. The summed E-state index contributed by atoms with van der Waals surface area (Å²) in [5, 5.41) is 2.87. The Morgan fingerprint density at radius 2 is 2.00 bits per heavy atom. The van der Waals surface area contributed by atoms with Crippen molar-refractivity contribution in [3.63, 3.8) is 0 Å². The van der Waals surface area contributed by atoms with Crippen LogP contribution in [0.3, 0.4) is 0 Å². The number of carbonyl (C=O) groups is 1. The quantitative estimate of drug-likeness (QED) is 0.872. The lowest BCUT2D eigenvalue weighted by Gasteiger charge is -2.17. The van der Waals surface area contributed by atoms with E-state index in [0.717, 1.165) is 5.56 Å². The zero-order valence-corrected chi connectivity index (χ0v) is 15.5. The fourth-order valence-corrected chi connectivity index (χ4v) is 4.17. The van der Waals surface area contributed by atoms with Crippen LogP contribution in [-0.4, -0.2) is 33.2 Å². The van der Waals surface area contributed by atoms with Crippen LogP contribution in [0.15, 0.2) is 42.5 Å². The standard InChI is InChI=1S/C19H21FN2O3S/c1-13(11-14-5-3-4-6-17(14)20)21-19(23)16-7-8-18-15(12-16)9-10-22(18)26(2,24)25/h3-8,12-13H,9-11H2,1-2H3,(H,21,23). The van der Waals surface area contributed by atoms with E-state index in [4.69, 9.17) is 0 Å². The Kier molecular flexibility index (Phi) is 5.00. The van der Waals surface area contributed by atoms with Crippen molar-refractivity contribution in [2.24, 2.45) is 0 Å². The van der Waals surface area contributed by atoms with Crippen LogP contribution in [0.2, 0.25) is 0 Å². The first-order chi connectivity index (χ1) is 12.3. The van der Waals surface area contributed by atoms with Gasteiger partial charge in [0.15, 0.2) is 0 Å². The lowest BCUT2D eigenvalue weighted by molar-refractivity contribution is 0.0940. The van der Waals surface area contributed by atoms with Crippen molar-refractivity contribution < 1.29 is 17.6 Å². The summed E-state index contributed by atoms with van der Waals surface area (Å²) in [6, 6.07) is 11.3. The average molecular weight is 376 g/mol. The molecule has 0 spiro atoms. The van der Waals surface area contributed by atoms with Crippen LogP contribution < -0.4 is 9.62 Å². The number of amides is 1. The van der Waals surface area contributed by atoms with Gasteiger partial charge in [-0.15, -0.1) is 0 Å². The number of fused-ring (bicyclic) bond motifs is 1. The summed E-state index contributed by atoms with van der Waals surface area (Å²) in [4.78, 5) is 12.5. The molecule has 0 aliphatic carbocycles. The summed E-state index contributed by atoms with van der Waals surface area (Å²) >= 11 is 0. The molecular weight excluding hydrogens is 355 g/mol. The third-order valence-corrected chi connectivity index (χ3v) is 5.64. The van der Waals surface area contributed by atoms with Gasteiger partial charge in [0.25, 0.3) is 5.91 Å². The number of benzene rings is 2. The van der Waals surface area contributed by atoms with Crippen molar-refractivity contribution in [1.29, 1.82) is 0 Å². The molecule has 2 aromatic rings. The Morgan fingerprint density at radius 3 is 2.69 bits per heavy atom.